The van der Waals surface area contributed by atoms with E-state index in [1.165, 1.54) is 0 Å². The highest BCUT2D eigenvalue weighted by molar-refractivity contribution is 9.10. The van der Waals surface area contributed by atoms with Gasteiger partial charge in [-0.3, -0.25) is 9.69 Å². The summed E-state index contributed by atoms with van der Waals surface area (Å²) in [5.41, 5.74) is 0.763. The normalized spacial score (nSPS) is 10.9. The molecule has 0 fully saturated rings. The minimum absolute atomic E-state index is 0.0876. The Balaban J connectivity index is 1.63. The van der Waals surface area contributed by atoms with Gasteiger partial charge >= 0.3 is 0 Å². The monoisotopic (exact) mass is 388 g/mol. The maximum absolute atomic E-state index is 12.3. The molecule has 0 atom stereocenters. The number of furan rings is 2. The van der Waals surface area contributed by atoms with Crippen LogP contribution >= 0.6 is 15.9 Å². The zero-order valence-electron chi connectivity index (χ0n) is 12.9. The molecule has 3 rings (SSSR count). The number of benzene rings is 1. The van der Waals surface area contributed by atoms with Gasteiger partial charge in [0, 0.05) is 10.2 Å². The van der Waals surface area contributed by atoms with E-state index in [-0.39, 0.29) is 12.5 Å². The van der Waals surface area contributed by atoms with Crippen molar-refractivity contribution in [2.75, 3.05) is 11.9 Å². The van der Waals surface area contributed by atoms with E-state index in [2.05, 4.69) is 21.2 Å². The van der Waals surface area contributed by atoms with Crippen molar-refractivity contribution in [3.8, 4) is 0 Å². The minimum Gasteiger partial charge on any atom is -0.468 e. The Labute approximate surface area is 148 Å². The second kappa shape index (κ2) is 7.99. The highest BCUT2D eigenvalue weighted by Crippen LogP contribution is 2.15. The lowest BCUT2D eigenvalue weighted by atomic mass is 10.3. The fraction of sp³-hybridized carbons (Fsp3) is 0.167. The van der Waals surface area contributed by atoms with E-state index in [1.807, 2.05) is 53.4 Å². The van der Waals surface area contributed by atoms with Crippen LogP contribution in [0, 0.1) is 0 Å². The summed E-state index contributed by atoms with van der Waals surface area (Å²) in [7, 11) is 0. The lowest BCUT2D eigenvalue weighted by molar-refractivity contribution is -0.117. The molecule has 0 unspecified atom stereocenters. The SMILES string of the molecule is O=C(CN(Cc1ccco1)Cc1ccco1)Nc1ccc(Br)cc1. The number of rotatable bonds is 7. The summed E-state index contributed by atoms with van der Waals surface area (Å²) >= 11 is 3.38. The molecule has 0 bridgehead atoms. The maximum Gasteiger partial charge on any atom is 0.238 e. The van der Waals surface area contributed by atoms with Crippen LogP contribution in [0.3, 0.4) is 0 Å². The molecule has 0 saturated heterocycles. The van der Waals surface area contributed by atoms with Crippen molar-refractivity contribution < 1.29 is 13.6 Å². The summed E-state index contributed by atoms with van der Waals surface area (Å²) < 4.78 is 11.7. The molecular formula is C18H17BrN2O3. The van der Waals surface area contributed by atoms with Gasteiger partial charge in [0.2, 0.25) is 5.91 Å². The van der Waals surface area contributed by atoms with Crippen molar-refractivity contribution >= 4 is 27.5 Å². The zero-order chi connectivity index (χ0) is 16.8. The molecule has 0 aliphatic carbocycles. The third-order valence-corrected chi connectivity index (χ3v) is 3.94. The average Bonchev–Trinajstić information content (AvgIpc) is 3.23. The van der Waals surface area contributed by atoms with Gasteiger partial charge < -0.3 is 14.2 Å². The van der Waals surface area contributed by atoms with E-state index in [0.717, 1.165) is 21.7 Å². The van der Waals surface area contributed by atoms with Crippen molar-refractivity contribution in [2.24, 2.45) is 0 Å². The number of hydrogen-bond acceptors (Lipinski definition) is 4. The van der Waals surface area contributed by atoms with Crippen molar-refractivity contribution in [3.63, 3.8) is 0 Å². The fourth-order valence-electron chi connectivity index (χ4n) is 2.35. The van der Waals surface area contributed by atoms with Crippen molar-refractivity contribution in [1.29, 1.82) is 0 Å². The van der Waals surface area contributed by atoms with Crippen LogP contribution in [0.5, 0.6) is 0 Å². The van der Waals surface area contributed by atoms with Crippen molar-refractivity contribution in [3.05, 3.63) is 77.1 Å². The lowest BCUT2D eigenvalue weighted by Crippen LogP contribution is -2.32. The third-order valence-electron chi connectivity index (χ3n) is 3.41. The number of nitrogens with one attached hydrogen (secondary N) is 1. The van der Waals surface area contributed by atoms with Gasteiger partial charge in [-0.2, -0.15) is 0 Å². The quantitative estimate of drug-likeness (QED) is 0.656. The summed E-state index contributed by atoms with van der Waals surface area (Å²) in [4.78, 5) is 14.3. The molecule has 2 aromatic heterocycles. The number of carbonyl (C=O) groups is 1. The van der Waals surface area contributed by atoms with Crippen LogP contribution in [0.4, 0.5) is 5.69 Å². The second-order valence-corrected chi connectivity index (χ2v) is 6.27. The Morgan fingerprint density at radius 1 is 0.958 bits per heavy atom. The molecule has 0 spiro atoms. The van der Waals surface area contributed by atoms with E-state index in [9.17, 15) is 4.79 Å². The summed E-state index contributed by atoms with van der Waals surface area (Å²) in [5.74, 6) is 1.52. The first-order valence-corrected chi connectivity index (χ1v) is 8.31. The van der Waals surface area contributed by atoms with Crippen molar-refractivity contribution in [2.45, 2.75) is 13.1 Å². The first-order valence-electron chi connectivity index (χ1n) is 7.51. The number of amides is 1. The molecule has 24 heavy (non-hydrogen) atoms. The van der Waals surface area contributed by atoms with Gasteiger partial charge in [0.05, 0.1) is 32.2 Å². The molecule has 0 aliphatic rings. The Hall–Kier alpha value is -2.31. The highest BCUT2D eigenvalue weighted by atomic mass is 79.9. The van der Waals surface area contributed by atoms with Crippen molar-refractivity contribution in [1.82, 2.24) is 4.90 Å². The van der Waals surface area contributed by atoms with Crippen LogP contribution in [0.2, 0.25) is 0 Å². The molecule has 0 aliphatic heterocycles. The first-order chi connectivity index (χ1) is 11.7. The van der Waals surface area contributed by atoms with Crippen LogP contribution in [0.1, 0.15) is 11.5 Å². The Morgan fingerprint density at radius 2 is 1.54 bits per heavy atom. The average molecular weight is 389 g/mol. The molecule has 6 heteroatoms. The van der Waals surface area contributed by atoms with Gasteiger partial charge in [-0.15, -0.1) is 0 Å². The number of halogens is 1. The van der Waals surface area contributed by atoms with Gasteiger partial charge in [0.15, 0.2) is 0 Å². The molecule has 124 valence electrons. The Morgan fingerprint density at radius 3 is 2.04 bits per heavy atom. The Bertz CT molecular complexity index is 716. The van der Waals surface area contributed by atoms with Gasteiger partial charge in [-0.05, 0) is 48.5 Å². The smallest absolute Gasteiger partial charge is 0.238 e. The minimum atomic E-state index is -0.0876. The second-order valence-electron chi connectivity index (χ2n) is 5.36. The molecule has 1 N–H and O–H groups in total. The Kier molecular flexibility index (Phi) is 5.51. The molecule has 1 amide bonds. The molecule has 1 aromatic carbocycles. The highest BCUT2D eigenvalue weighted by Gasteiger charge is 2.15. The van der Waals surface area contributed by atoms with E-state index in [1.54, 1.807) is 12.5 Å². The lowest BCUT2D eigenvalue weighted by Gasteiger charge is -2.19. The number of nitrogens with zero attached hydrogens (tertiary/aromatic N) is 1. The van der Waals surface area contributed by atoms with E-state index < -0.39 is 0 Å². The molecule has 0 saturated carbocycles. The maximum atomic E-state index is 12.3. The fourth-order valence-corrected chi connectivity index (χ4v) is 2.61. The molecule has 5 nitrogen and oxygen atoms in total. The molecular weight excluding hydrogens is 372 g/mol. The number of anilines is 1. The van der Waals surface area contributed by atoms with Crippen LogP contribution in [-0.4, -0.2) is 17.4 Å². The van der Waals surface area contributed by atoms with Crippen LogP contribution < -0.4 is 5.32 Å². The van der Waals surface area contributed by atoms with Crippen LogP contribution in [0.25, 0.3) is 0 Å². The van der Waals surface area contributed by atoms with Gasteiger partial charge in [0.1, 0.15) is 11.5 Å². The predicted molar refractivity (Wildman–Crippen MR) is 94.3 cm³/mol. The van der Waals surface area contributed by atoms with Gasteiger partial charge in [0.25, 0.3) is 0 Å². The van der Waals surface area contributed by atoms with Gasteiger partial charge in [-0.25, -0.2) is 0 Å². The third kappa shape index (κ3) is 4.84. The predicted octanol–water partition coefficient (Wildman–Crippen LogP) is 4.28. The van der Waals surface area contributed by atoms with Crippen LogP contribution in [-0.2, 0) is 17.9 Å². The molecule has 3 aromatic rings. The topological polar surface area (TPSA) is 58.6 Å². The zero-order valence-corrected chi connectivity index (χ0v) is 14.5. The van der Waals surface area contributed by atoms with Gasteiger partial charge in [-0.1, -0.05) is 15.9 Å². The molecule has 0 radical (unpaired) electrons. The molecule has 2 heterocycles. The summed E-state index contributed by atoms with van der Waals surface area (Å²) in [5, 5.41) is 2.90. The number of hydrogen-bond donors (Lipinski definition) is 1. The summed E-state index contributed by atoms with van der Waals surface area (Å²) in [6.45, 7) is 1.29. The number of carbonyl (C=O) groups excluding carboxylic acids is 1. The standard InChI is InChI=1S/C18H17BrN2O3/c19-14-5-7-15(8-6-14)20-18(22)13-21(11-16-3-1-9-23-16)12-17-4-2-10-24-17/h1-10H,11-13H2,(H,20,22). The largest absolute Gasteiger partial charge is 0.468 e. The van der Waals surface area contributed by atoms with Crippen LogP contribution in [0.15, 0.2) is 74.4 Å². The summed E-state index contributed by atoms with van der Waals surface area (Å²) in [6.07, 6.45) is 3.25. The van der Waals surface area contributed by atoms with E-state index in [0.29, 0.717) is 13.1 Å². The van der Waals surface area contributed by atoms with E-state index in [4.69, 9.17) is 8.83 Å². The van der Waals surface area contributed by atoms with E-state index >= 15 is 0 Å². The summed E-state index contributed by atoms with van der Waals surface area (Å²) in [6, 6.07) is 14.9. The first kappa shape index (κ1) is 16.5.